The predicted octanol–water partition coefficient (Wildman–Crippen LogP) is 12.9. The highest BCUT2D eigenvalue weighted by molar-refractivity contribution is 6.16. The molecule has 3 unspecified atom stereocenters. The number of para-hydroxylation sites is 1. The number of hydrogen-bond acceptors (Lipinski definition) is 4. The average Bonchev–Trinajstić information content (AvgIpc) is 3.83. The topological polar surface area (TPSA) is 51.8 Å². The second-order valence-corrected chi connectivity index (χ2v) is 15.1. The molecule has 0 radical (unpaired) electrons. The summed E-state index contributed by atoms with van der Waals surface area (Å²) in [6.45, 7) is 0. The molecule has 0 aliphatic heterocycles. The van der Waals surface area contributed by atoms with E-state index >= 15 is 0 Å². The zero-order valence-electron chi connectivity index (χ0n) is 30.3. The van der Waals surface area contributed by atoms with Crippen LogP contribution in [-0.4, -0.2) is 15.0 Å². The molecule has 9 aromatic rings. The number of hydrogen-bond donors (Lipinski definition) is 0. The van der Waals surface area contributed by atoms with Crippen molar-refractivity contribution in [1.82, 2.24) is 15.0 Å². The fourth-order valence-corrected chi connectivity index (χ4v) is 9.56. The van der Waals surface area contributed by atoms with E-state index in [0.717, 1.165) is 55.3 Å². The van der Waals surface area contributed by atoms with E-state index in [4.69, 9.17) is 19.4 Å². The summed E-state index contributed by atoms with van der Waals surface area (Å²) < 4.78 is 6.81. The Kier molecular flexibility index (Phi) is 6.64. The maximum atomic E-state index is 6.81. The lowest BCUT2D eigenvalue weighted by molar-refractivity contribution is 0.670. The monoisotopic (exact) mass is 715 g/mol. The van der Waals surface area contributed by atoms with Gasteiger partial charge < -0.3 is 4.42 Å². The first-order valence-corrected chi connectivity index (χ1v) is 19.3. The molecule has 3 aliphatic carbocycles. The number of rotatable bonds is 5. The van der Waals surface area contributed by atoms with E-state index in [2.05, 4.69) is 140 Å². The Morgan fingerprint density at radius 2 is 1.09 bits per heavy atom. The molecule has 3 atom stereocenters. The summed E-state index contributed by atoms with van der Waals surface area (Å²) in [7, 11) is 0. The van der Waals surface area contributed by atoms with Gasteiger partial charge in [0.15, 0.2) is 17.5 Å². The van der Waals surface area contributed by atoms with Crippen LogP contribution in [0.5, 0.6) is 0 Å². The van der Waals surface area contributed by atoms with Crippen LogP contribution in [0, 0.1) is 5.92 Å². The molecule has 12 rings (SSSR count). The molecule has 3 aliphatic rings. The fourth-order valence-electron chi connectivity index (χ4n) is 9.56. The van der Waals surface area contributed by atoms with Gasteiger partial charge in [-0.25, -0.2) is 15.0 Å². The molecule has 2 heterocycles. The fraction of sp³-hybridized carbons (Fsp3) is 0.0577. The van der Waals surface area contributed by atoms with Gasteiger partial charge in [-0.3, -0.25) is 0 Å². The zero-order chi connectivity index (χ0) is 36.8. The molecule has 1 spiro atoms. The normalized spacial score (nSPS) is 18.6. The van der Waals surface area contributed by atoms with Gasteiger partial charge in [0.2, 0.25) is 0 Å². The lowest BCUT2D eigenvalue weighted by atomic mass is 9.77. The Balaban J connectivity index is 1.04. The second kappa shape index (κ2) is 11.9. The van der Waals surface area contributed by atoms with Crippen LogP contribution in [0.15, 0.2) is 193 Å². The average molecular weight is 716 g/mol. The van der Waals surface area contributed by atoms with E-state index in [-0.39, 0.29) is 5.41 Å². The second-order valence-electron chi connectivity index (χ2n) is 15.1. The smallest absolute Gasteiger partial charge is 0.164 e. The SMILES string of the molecule is C1=CC2C3c4ccc(-c5ccc(-c6nc(-c7ccccc7)nc(-c7ccc(-c8ccccc8)cc7)n6)c6c5oc5ccccc56)cc4-c4ccccc4C23C=C1. The first-order valence-electron chi connectivity index (χ1n) is 19.3. The molecule has 0 saturated heterocycles. The molecular weight excluding hydrogens is 683 g/mol. The van der Waals surface area contributed by atoms with Crippen molar-refractivity contribution in [3.8, 4) is 67.5 Å². The number of furan rings is 1. The van der Waals surface area contributed by atoms with Crippen molar-refractivity contribution in [2.75, 3.05) is 0 Å². The lowest BCUT2D eigenvalue weighted by Crippen LogP contribution is -2.14. The lowest BCUT2D eigenvalue weighted by Gasteiger charge is -2.26. The van der Waals surface area contributed by atoms with Crippen molar-refractivity contribution in [2.45, 2.75) is 11.3 Å². The summed E-state index contributed by atoms with van der Waals surface area (Å²) in [5.41, 5.74) is 14.5. The predicted molar refractivity (Wildman–Crippen MR) is 226 cm³/mol. The third-order valence-corrected chi connectivity index (χ3v) is 12.2. The molecule has 4 nitrogen and oxygen atoms in total. The Bertz CT molecular complexity index is 3090. The minimum Gasteiger partial charge on any atom is -0.455 e. The molecule has 2 aromatic heterocycles. The van der Waals surface area contributed by atoms with Crippen LogP contribution in [-0.2, 0) is 5.41 Å². The van der Waals surface area contributed by atoms with Crippen LogP contribution < -0.4 is 0 Å². The number of aromatic nitrogens is 3. The van der Waals surface area contributed by atoms with Crippen molar-refractivity contribution < 1.29 is 4.42 Å². The number of nitrogens with zero attached hydrogens (tertiary/aromatic N) is 3. The molecule has 4 heteroatoms. The highest BCUT2D eigenvalue weighted by Gasteiger charge is 2.66. The van der Waals surface area contributed by atoms with Crippen LogP contribution in [0.1, 0.15) is 17.0 Å². The first kappa shape index (κ1) is 31.2. The summed E-state index contributed by atoms with van der Waals surface area (Å²) >= 11 is 0. The van der Waals surface area contributed by atoms with Gasteiger partial charge in [0.1, 0.15) is 11.2 Å². The van der Waals surface area contributed by atoms with Gasteiger partial charge in [0, 0.05) is 44.4 Å². The highest BCUT2D eigenvalue weighted by Crippen LogP contribution is 2.73. The molecular formula is C52H33N3O. The molecule has 0 bridgehead atoms. The third kappa shape index (κ3) is 4.56. The van der Waals surface area contributed by atoms with Crippen molar-refractivity contribution in [1.29, 1.82) is 0 Å². The molecule has 56 heavy (non-hydrogen) atoms. The molecule has 1 fully saturated rings. The van der Waals surface area contributed by atoms with Crippen LogP contribution in [0.25, 0.3) is 89.5 Å². The summed E-state index contributed by atoms with van der Waals surface area (Å²) in [4.78, 5) is 15.4. The van der Waals surface area contributed by atoms with E-state index in [1.807, 2.05) is 48.5 Å². The van der Waals surface area contributed by atoms with Crippen molar-refractivity contribution in [3.63, 3.8) is 0 Å². The molecule has 0 amide bonds. The van der Waals surface area contributed by atoms with Crippen molar-refractivity contribution >= 4 is 21.9 Å². The number of fused-ring (bicyclic) bond motifs is 8. The van der Waals surface area contributed by atoms with Gasteiger partial charge >= 0.3 is 0 Å². The Labute approximate surface area is 324 Å². The third-order valence-electron chi connectivity index (χ3n) is 12.2. The Morgan fingerprint density at radius 3 is 1.91 bits per heavy atom. The van der Waals surface area contributed by atoms with Gasteiger partial charge in [-0.2, -0.15) is 0 Å². The van der Waals surface area contributed by atoms with Gasteiger partial charge in [0.25, 0.3) is 0 Å². The summed E-state index contributed by atoms with van der Waals surface area (Å²) in [5, 5.41) is 2.02. The zero-order valence-corrected chi connectivity index (χ0v) is 30.3. The molecule has 7 aromatic carbocycles. The van der Waals surface area contributed by atoms with Crippen LogP contribution >= 0.6 is 0 Å². The van der Waals surface area contributed by atoms with Crippen LogP contribution in [0.3, 0.4) is 0 Å². The van der Waals surface area contributed by atoms with Gasteiger partial charge in [-0.05, 0) is 69.1 Å². The quantitative estimate of drug-likeness (QED) is 0.178. The van der Waals surface area contributed by atoms with Gasteiger partial charge in [-0.1, -0.05) is 164 Å². The van der Waals surface area contributed by atoms with E-state index in [0.29, 0.717) is 29.3 Å². The number of benzene rings is 7. The summed E-state index contributed by atoms with van der Waals surface area (Å²) in [5.74, 6) is 2.80. The minimum absolute atomic E-state index is 0.0689. The van der Waals surface area contributed by atoms with Gasteiger partial charge in [0.05, 0.1) is 0 Å². The summed E-state index contributed by atoms with van der Waals surface area (Å²) in [6.07, 6.45) is 9.28. The van der Waals surface area contributed by atoms with Gasteiger partial charge in [-0.15, -0.1) is 0 Å². The molecule has 262 valence electrons. The van der Waals surface area contributed by atoms with Crippen LogP contribution in [0.2, 0.25) is 0 Å². The maximum absolute atomic E-state index is 6.81. The first-order chi connectivity index (χ1) is 27.7. The molecule has 1 saturated carbocycles. The standard InChI is InChI=1S/C52H33N3O/c1-3-13-32(14-4-1)33-22-24-35(25-23-33)50-53-49(34-15-5-2-6-16-34)54-51(55-50)41-29-28-37(48-46(41)40-18-8-10-21-45(40)56-48)36-26-27-39-42(31-36)38-17-7-9-19-43(38)52-30-12-11-20-44(52)47(39)52/h1-31,44,47H. The van der Waals surface area contributed by atoms with E-state index in [1.165, 1.54) is 27.8 Å². The highest BCUT2D eigenvalue weighted by atomic mass is 16.3. The van der Waals surface area contributed by atoms with Crippen molar-refractivity contribution in [3.05, 3.63) is 199 Å². The van der Waals surface area contributed by atoms with E-state index < -0.39 is 0 Å². The largest absolute Gasteiger partial charge is 0.455 e. The summed E-state index contributed by atoms with van der Waals surface area (Å²) in [6, 6.07) is 57.7. The van der Waals surface area contributed by atoms with E-state index in [9.17, 15) is 0 Å². The number of allylic oxidation sites excluding steroid dienone is 4. The van der Waals surface area contributed by atoms with Crippen molar-refractivity contribution in [2.24, 2.45) is 5.92 Å². The Morgan fingerprint density at radius 1 is 0.464 bits per heavy atom. The van der Waals surface area contributed by atoms with Crippen LogP contribution in [0.4, 0.5) is 0 Å². The molecule has 0 N–H and O–H groups in total. The minimum atomic E-state index is 0.0689. The maximum Gasteiger partial charge on any atom is 0.164 e. The van der Waals surface area contributed by atoms with E-state index in [1.54, 1.807) is 0 Å². The Hall–Kier alpha value is -7.17.